The second kappa shape index (κ2) is 6.36. The monoisotopic (exact) mass is 249 g/mol. The summed E-state index contributed by atoms with van der Waals surface area (Å²) >= 11 is 7.70. The summed E-state index contributed by atoms with van der Waals surface area (Å²) in [6, 6.07) is 0. The fourth-order valence-corrected chi connectivity index (χ4v) is 2.88. The van der Waals surface area contributed by atoms with Crippen LogP contribution in [0.1, 0.15) is 13.3 Å². The van der Waals surface area contributed by atoms with Crippen molar-refractivity contribution in [2.45, 2.75) is 18.1 Å². The van der Waals surface area contributed by atoms with E-state index in [0.29, 0.717) is 10.1 Å². The number of nitrogens with zero attached hydrogens (tertiary/aromatic N) is 2. The maximum Gasteiger partial charge on any atom is 0.230 e. The SMILES string of the molecule is CCCNC(=O)CSC1N=NC(=S)S1. The highest BCUT2D eigenvalue weighted by molar-refractivity contribution is 8.30. The number of carbonyl (C=O) groups is 1. The Hall–Kier alpha value is -0.140. The molecule has 1 amide bonds. The van der Waals surface area contributed by atoms with Crippen LogP contribution in [0.5, 0.6) is 0 Å². The summed E-state index contributed by atoms with van der Waals surface area (Å²) in [5.74, 6) is 0.463. The van der Waals surface area contributed by atoms with E-state index in [1.165, 1.54) is 23.5 Å². The van der Waals surface area contributed by atoms with E-state index in [4.69, 9.17) is 12.2 Å². The molecule has 0 fully saturated rings. The van der Waals surface area contributed by atoms with Crippen molar-refractivity contribution >= 4 is 46.0 Å². The molecule has 14 heavy (non-hydrogen) atoms. The summed E-state index contributed by atoms with van der Waals surface area (Å²) in [5, 5.41) is 10.4. The van der Waals surface area contributed by atoms with E-state index < -0.39 is 0 Å². The van der Waals surface area contributed by atoms with E-state index in [2.05, 4.69) is 15.5 Å². The highest BCUT2D eigenvalue weighted by atomic mass is 32.2. The van der Waals surface area contributed by atoms with Gasteiger partial charge < -0.3 is 5.32 Å². The van der Waals surface area contributed by atoms with Gasteiger partial charge in [-0.3, -0.25) is 4.79 Å². The number of thiocarbonyl (C=S) groups is 1. The highest BCUT2D eigenvalue weighted by Gasteiger charge is 2.18. The average Bonchev–Trinajstić information content (AvgIpc) is 2.58. The summed E-state index contributed by atoms with van der Waals surface area (Å²) in [6.07, 6.45) is 0.957. The van der Waals surface area contributed by atoms with Crippen LogP contribution in [0, 0.1) is 0 Å². The first-order valence-electron chi connectivity index (χ1n) is 4.22. The number of nitrogens with one attached hydrogen (secondary N) is 1. The van der Waals surface area contributed by atoms with Gasteiger partial charge in [-0.05, 0) is 18.6 Å². The second-order valence-corrected chi connectivity index (χ2v) is 5.65. The molecule has 0 saturated carbocycles. The van der Waals surface area contributed by atoms with Crippen LogP contribution in [0.3, 0.4) is 0 Å². The van der Waals surface area contributed by atoms with Crippen LogP contribution in [-0.2, 0) is 4.79 Å². The van der Waals surface area contributed by atoms with Gasteiger partial charge in [0.1, 0.15) is 0 Å². The molecule has 0 bridgehead atoms. The van der Waals surface area contributed by atoms with E-state index in [0.717, 1.165) is 13.0 Å². The minimum Gasteiger partial charge on any atom is -0.355 e. The Bertz CT molecular complexity index is 257. The Morgan fingerprint density at radius 1 is 1.79 bits per heavy atom. The third kappa shape index (κ3) is 4.39. The number of hydrogen-bond donors (Lipinski definition) is 1. The van der Waals surface area contributed by atoms with E-state index in [-0.39, 0.29) is 10.6 Å². The normalized spacial score (nSPS) is 20.1. The zero-order valence-corrected chi connectivity index (χ0v) is 10.2. The molecule has 0 radical (unpaired) electrons. The summed E-state index contributed by atoms with van der Waals surface area (Å²) in [5.41, 5.74) is 0. The summed E-state index contributed by atoms with van der Waals surface area (Å²) < 4.78 is 0.520. The van der Waals surface area contributed by atoms with Crippen molar-refractivity contribution in [1.82, 2.24) is 5.32 Å². The Labute approximate surface area is 96.7 Å². The van der Waals surface area contributed by atoms with Crippen LogP contribution in [-0.4, -0.2) is 27.2 Å². The maximum absolute atomic E-state index is 11.2. The molecule has 0 aliphatic carbocycles. The Morgan fingerprint density at radius 2 is 2.57 bits per heavy atom. The molecule has 78 valence electrons. The minimum atomic E-state index is -0.0325. The molecule has 1 aliphatic heterocycles. The Morgan fingerprint density at radius 3 is 3.14 bits per heavy atom. The lowest BCUT2D eigenvalue weighted by molar-refractivity contribution is -0.118. The van der Waals surface area contributed by atoms with Gasteiger partial charge in [0, 0.05) is 6.54 Å². The number of azo groups is 1. The first-order chi connectivity index (χ1) is 6.72. The number of hydrogen-bond acceptors (Lipinski definition) is 5. The fraction of sp³-hybridized carbons (Fsp3) is 0.714. The quantitative estimate of drug-likeness (QED) is 0.757. The Balaban J connectivity index is 2.11. The van der Waals surface area contributed by atoms with Crippen molar-refractivity contribution in [3.8, 4) is 0 Å². The van der Waals surface area contributed by atoms with Crippen molar-refractivity contribution in [1.29, 1.82) is 0 Å². The molecular weight excluding hydrogens is 238 g/mol. The van der Waals surface area contributed by atoms with Gasteiger partial charge in [-0.25, -0.2) is 0 Å². The van der Waals surface area contributed by atoms with Crippen molar-refractivity contribution in [3.05, 3.63) is 0 Å². The van der Waals surface area contributed by atoms with Crippen molar-refractivity contribution in [3.63, 3.8) is 0 Å². The number of carbonyl (C=O) groups excluding carboxylic acids is 1. The molecule has 4 nitrogen and oxygen atoms in total. The number of thioether (sulfide) groups is 2. The lowest BCUT2D eigenvalue weighted by Crippen LogP contribution is -2.26. The molecule has 1 unspecified atom stereocenters. The summed E-state index contributed by atoms with van der Waals surface area (Å²) in [4.78, 5) is 11.2. The molecule has 1 rings (SSSR count). The standard InChI is InChI=1S/C7H11N3OS3/c1-2-3-8-5(11)4-13-7-10-9-6(12)14-7/h7H,2-4H2,1H3,(H,8,11). The van der Waals surface area contributed by atoms with Crippen molar-refractivity contribution in [2.75, 3.05) is 12.3 Å². The molecule has 1 aliphatic rings. The fourth-order valence-electron chi connectivity index (χ4n) is 0.757. The zero-order valence-electron chi connectivity index (χ0n) is 7.73. The molecular formula is C7H11N3OS3. The molecule has 0 spiro atoms. The average molecular weight is 249 g/mol. The van der Waals surface area contributed by atoms with Gasteiger partial charge >= 0.3 is 0 Å². The molecule has 0 aromatic rings. The van der Waals surface area contributed by atoms with Crippen LogP contribution in [0.2, 0.25) is 0 Å². The van der Waals surface area contributed by atoms with E-state index >= 15 is 0 Å². The minimum absolute atomic E-state index is 0.0325. The first kappa shape index (κ1) is 11.9. The van der Waals surface area contributed by atoms with Crippen LogP contribution in [0.4, 0.5) is 0 Å². The maximum atomic E-state index is 11.2. The highest BCUT2D eigenvalue weighted by Crippen LogP contribution is 2.31. The molecule has 0 aromatic carbocycles. The number of rotatable bonds is 5. The Kier molecular flexibility index (Phi) is 5.42. The predicted molar refractivity (Wildman–Crippen MR) is 64.6 cm³/mol. The smallest absolute Gasteiger partial charge is 0.230 e. The van der Waals surface area contributed by atoms with E-state index in [9.17, 15) is 4.79 Å². The van der Waals surface area contributed by atoms with Gasteiger partial charge in [0.25, 0.3) is 0 Å². The third-order valence-electron chi connectivity index (χ3n) is 1.36. The van der Waals surface area contributed by atoms with Gasteiger partial charge in [0.05, 0.1) is 5.75 Å². The summed E-state index contributed by atoms with van der Waals surface area (Å²) in [6.45, 7) is 2.75. The molecule has 1 heterocycles. The van der Waals surface area contributed by atoms with Crippen LogP contribution in [0.25, 0.3) is 0 Å². The van der Waals surface area contributed by atoms with Crippen LogP contribution < -0.4 is 5.32 Å². The molecule has 7 heteroatoms. The largest absolute Gasteiger partial charge is 0.355 e. The second-order valence-electron chi connectivity index (χ2n) is 2.57. The third-order valence-corrected chi connectivity index (χ3v) is 3.82. The van der Waals surface area contributed by atoms with Crippen molar-refractivity contribution in [2.24, 2.45) is 10.2 Å². The lowest BCUT2D eigenvalue weighted by Gasteiger charge is -2.04. The van der Waals surface area contributed by atoms with E-state index in [1.807, 2.05) is 6.92 Å². The molecule has 0 aromatic heterocycles. The topological polar surface area (TPSA) is 53.8 Å². The van der Waals surface area contributed by atoms with Crippen LogP contribution >= 0.6 is 35.7 Å². The molecule has 1 atom stereocenters. The number of amides is 1. The van der Waals surface area contributed by atoms with Gasteiger partial charge in [-0.2, -0.15) is 5.11 Å². The van der Waals surface area contributed by atoms with Crippen molar-refractivity contribution < 1.29 is 4.79 Å². The van der Waals surface area contributed by atoms with Gasteiger partial charge in [0.2, 0.25) is 5.91 Å². The molecule has 0 saturated heterocycles. The molecule has 1 N–H and O–H groups in total. The van der Waals surface area contributed by atoms with Gasteiger partial charge in [-0.1, -0.05) is 18.7 Å². The zero-order chi connectivity index (χ0) is 10.4. The van der Waals surface area contributed by atoms with Crippen LogP contribution in [0.15, 0.2) is 10.2 Å². The summed E-state index contributed by atoms with van der Waals surface area (Å²) in [7, 11) is 0. The van der Waals surface area contributed by atoms with Gasteiger partial charge in [-0.15, -0.1) is 16.9 Å². The van der Waals surface area contributed by atoms with Gasteiger partial charge in [0.15, 0.2) is 9.03 Å². The first-order valence-corrected chi connectivity index (χ1v) is 6.56. The predicted octanol–water partition coefficient (Wildman–Crippen LogP) is 2.01. The lowest BCUT2D eigenvalue weighted by atomic mass is 10.5. The van der Waals surface area contributed by atoms with E-state index in [1.54, 1.807) is 0 Å².